The van der Waals surface area contributed by atoms with Gasteiger partial charge >= 0.3 is 0 Å². The van der Waals surface area contributed by atoms with E-state index in [-0.39, 0.29) is 6.10 Å². The van der Waals surface area contributed by atoms with E-state index in [0.717, 1.165) is 18.6 Å². The van der Waals surface area contributed by atoms with Gasteiger partial charge in [0.1, 0.15) is 11.9 Å². The average Bonchev–Trinajstić information content (AvgIpc) is 2.58. The standard InChI is InChI=1S/C14H15Cl2NO/c1-17-9-2-3-10(17)7-12(6-9)18-11-4-5-13(15)14(16)8-11/h2-5,8-10,12H,6-7H2,1H3/t9-,10+,12?. The molecule has 3 rings (SSSR count). The summed E-state index contributed by atoms with van der Waals surface area (Å²) in [6.07, 6.45) is 6.88. The summed E-state index contributed by atoms with van der Waals surface area (Å²) in [6, 6.07) is 6.47. The molecule has 4 heteroatoms. The number of hydrogen-bond acceptors (Lipinski definition) is 2. The Kier molecular flexibility index (Phi) is 3.27. The number of rotatable bonds is 2. The molecule has 1 aromatic carbocycles. The first-order valence-corrected chi connectivity index (χ1v) is 6.91. The predicted molar refractivity (Wildman–Crippen MR) is 74.6 cm³/mol. The number of hydrogen-bond donors (Lipinski definition) is 0. The molecule has 1 aromatic rings. The van der Waals surface area contributed by atoms with Crippen LogP contribution in [0.2, 0.25) is 10.0 Å². The fraction of sp³-hybridized carbons (Fsp3) is 0.429. The molecule has 2 nitrogen and oxygen atoms in total. The molecule has 0 aromatic heterocycles. The second-order valence-electron chi connectivity index (χ2n) is 4.97. The van der Waals surface area contributed by atoms with E-state index < -0.39 is 0 Å². The van der Waals surface area contributed by atoms with Gasteiger partial charge in [-0.15, -0.1) is 0 Å². The van der Waals surface area contributed by atoms with Crippen LogP contribution in [0.25, 0.3) is 0 Å². The highest BCUT2D eigenvalue weighted by atomic mass is 35.5. The van der Waals surface area contributed by atoms with Crippen LogP contribution in [0.3, 0.4) is 0 Å². The van der Waals surface area contributed by atoms with Crippen LogP contribution in [0.15, 0.2) is 30.4 Å². The van der Waals surface area contributed by atoms with Crippen molar-refractivity contribution in [2.45, 2.75) is 31.0 Å². The second kappa shape index (κ2) is 4.76. The van der Waals surface area contributed by atoms with Crippen molar-refractivity contribution in [3.8, 4) is 5.75 Å². The zero-order valence-electron chi connectivity index (χ0n) is 10.1. The van der Waals surface area contributed by atoms with Gasteiger partial charge in [0.2, 0.25) is 0 Å². The van der Waals surface area contributed by atoms with Crippen molar-refractivity contribution >= 4 is 23.2 Å². The van der Waals surface area contributed by atoms with Gasteiger partial charge in [0.25, 0.3) is 0 Å². The SMILES string of the molecule is CN1[C@@H]2C=C[C@H]1CC(Oc1ccc(Cl)c(Cl)c1)C2. The van der Waals surface area contributed by atoms with Crippen LogP contribution in [0.4, 0.5) is 0 Å². The van der Waals surface area contributed by atoms with Gasteiger partial charge in [0.15, 0.2) is 0 Å². The molecule has 18 heavy (non-hydrogen) atoms. The van der Waals surface area contributed by atoms with E-state index in [1.165, 1.54) is 0 Å². The van der Waals surface area contributed by atoms with E-state index in [0.29, 0.717) is 22.1 Å². The lowest BCUT2D eigenvalue weighted by atomic mass is 9.99. The molecule has 0 radical (unpaired) electrons. The van der Waals surface area contributed by atoms with Gasteiger partial charge in [0.05, 0.1) is 10.0 Å². The zero-order valence-corrected chi connectivity index (χ0v) is 11.7. The maximum absolute atomic E-state index is 6.01. The van der Waals surface area contributed by atoms with Crippen molar-refractivity contribution in [3.05, 3.63) is 40.4 Å². The molecule has 2 aliphatic rings. The molecule has 3 atom stereocenters. The lowest BCUT2D eigenvalue weighted by molar-refractivity contribution is 0.0752. The number of nitrogens with zero attached hydrogens (tertiary/aromatic N) is 1. The summed E-state index contributed by atoms with van der Waals surface area (Å²) in [5, 5.41) is 1.11. The van der Waals surface area contributed by atoms with Gasteiger partial charge < -0.3 is 4.74 Å². The highest BCUT2D eigenvalue weighted by Gasteiger charge is 2.35. The summed E-state index contributed by atoms with van der Waals surface area (Å²) in [5.41, 5.74) is 0. The van der Waals surface area contributed by atoms with Gasteiger partial charge in [-0.25, -0.2) is 0 Å². The van der Waals surface area contributed by atoms with E-state index >= 15 is 0 Å². The van der Waals surface area contributed by atoms with E-state index in [1.54, 1.807) is 12.1 Å². The quantitative estimate of drug-likeness (QED) is 0.766. The van der Waals surface area contributed by atoms with Crippen LogP contribution in [0.5, 0.6) is 5.75 Å². The Morgan fingerprint density at radius 3 is 2.39 bits per heavy atom. The largest absolute Gasteiger partial charge is 0.490 e. The minimum Gasteiger partial charge on any atom is -0.490 e. The Balaban J connectivity index is 1.69. The van der Waals surface area contributed by atoms with Gasteiger partial charge in [-0.1, -0.05) is 35.4 Å². The molecular weight excluding hydrogens is 269 g/mol. The van der Waals surface area contributed by atoms with Crippen LogP contribution < -0.4 is 4.74 Å². The third kappa shape index (κ3) is 2.25. The fourth-order valence-electron chi connectivity index (χ4n) is 2.74. The molecule has 2 heterocycles. The van der Waals surface area contributed by atoms with Crippen molar-refractivity contribution in [3.63, 3.8) is 0 Å². The van der Waals surface area contributed by atoms with E-state index in [9.17, 15) is 0 Å². The third-order valence-corrected chi connectivity index (χ3v) is 4.54. The van der Waals surface area contributed by atoms with Crippen molar-refractivity contribution in [1.29, 1.82) is 0 Å². The summed E-state index contributed by atoms with van der Waals surface area (Å²) in [7, 11) is 2.17. The Morgan fingerprint density at radius 2 is 1.78 bits per heavy atom. The van der Waals surface area contributed by atoms with Crippen LogP contribution in [0.1, 0.15) is 12.8 Å². The smallest absolute Gasteiger partial charge is 0.121 e. The third-order valence-electron chi connectivity index (χ3n) is 3.80. The molecule has 96 valence electrons. The molecule has 0 aliphatic carbocycles. The lowest BCUT2D eigenvalue weighted by Gasteiger charge is -2.36. The summed E-state index contributed by atoms with van der Waals surface area (Å²) < 4.78 is 6.01. The van der Waals surface area contributed by atoms with Gasteiger partial charge in [0, 0.05) is 31.0 Å². The normalized spacial score (nSPS) is 30.7. The zero-order chi connectivity index (χ0) is 12.7. The highest BCUT2D eigenvalue weighted by Crippen LogP contribution is 2.33. The lowest BCUT2D eigenvalue weighted by Crippen LogP contribution is -2.44. The Hall–Kier alpha value is -0.700. The number of halogens is 2. The summed E-state index contributed by atoms with van der Waals surface area (Å²) in [5.74, 6) is 0.804. The van der Waals surface area contributed by atoms with Gasteiger partial charge in [-0.05, 0) is 19.2 Å². The minimum absolute atomic E-state index is 0.253. The molecule has 2 bridgehead atoms. The van der Waals surface area contributed by atoms with Crippen LogP contribution in [-0.4, -0.2) is 30.1 Å². The number of ether oxygens (including phenoxy) is 1. The van der Waals surface area contributed by atoms with Crippen LogP contribution >= 0.6 is 23.2 Å². The van der Waals surface area contributed by atoms with Crippen LogP contribution in [-0.2, 0) is 0 Å². The molecule has 1 fully saturated rings. The van der Waals surface area contributed by atoms with E-state index in [2.05, 4.69) is 24.1 Å². The van der Waals surface area contributed by atoms with E-state index in [4.69, 9.17) is 27.9 Å². The number of likely N-dealkylation sites (N-methyl/N-ethyl adjacent to an activating group) is 1. The second-order valence-corrected chi connectivity index (χ2v) is 5.79. The fourth-order valence-corrected chi connectivity index (χ4v) is 3.03. The first kappa shape index (κ1) is 12.3. The average molecular weight is 284 g/mol. The number of piperidine rings is 1. The topological polar surface area (TPSA) is 12.5 Å². The minimum atomic E-state index is 0.253. The number of fused-ring (bicyclic) bond motifs is 2. The maximum Gasteiger partial charge on any atom is 0.121 e. The van der Waals surface area contributed by atoms with Crippen molar-refractivity contribution < 1.29 is 4.74 Å². The van der Waals surface area contributed by atoms with Crippen molar-refractivity contribution in [1.82, 2.24) is 4.90 Å². The molecular formula is C14H15Cl2NO. The first-order chi connectivity index (χ1) is 8.63. The van der Waals surface area contributed by atoms with E-state index in [1.807, 2.05) is 6.07 Å². The molecule has 0 saturated carbocycles. The Labute approximate surface area is 117 Å². The molecule has 0 N–H and O–H groups in total. The molecule has 0 amide bonds. The Bertz CT molecular complexity index is 473. The maximum atomic E-state index is 6.01. The summed E-state index contributed by atoms with van der Waals surface area (Å²) in [4.78, 5) is 2.40. The summed E-state index contributed by atoms with van der Waals surface area (Å²) in [6.45, 7) is 0. The first-order valence-electron chi connectivity index (χ1n) is 6.15. The Morgan fingerprint density at radius 1 is 1.11 bits per heavy atom. The van der Waals surface area contributed by atoms with Crippen molar-refractivity contribution in [2.75, 3.05) is 7.05 Å². The monoisotopic (exact) mass is 283 g/mol. The van der Waals surface area contributed by atoms with Crippen molar-refractivity contribution in [2.24, 2.45) is 0 Å². The molecule has 2 aliphatic heterocycles. The summed E-state index contributed by atoms with van der Waals surface area (Å²) >= 11 is 11.9. The number of benzene rings is 1. The predicted octanol–water partition coefficient (Wildman–Crippen LogP) is 3.77. The van der Waals surface area contributed by atoms with Crippen LogP contribution in [0, 0.1) is 0 Å². The highest BCUT2D eigenvalue weighted by molar-refractivity contribution is 6.42. The molecule has 1 unspecified atom stereocenters. The van der Waals surface area contributed by atoms with Gasteiger partial charge in [-0.2, -0.15) is 0 Å². The van der Waals surface area contributed by atoms with Gasteiger partial charge in [-0.3, -0.25) is 4.90 Å². The molecule has 1 saturated heterocycles. The molecule has 0 spiro atoms.